The number of piperazine rings is 1. The summed E-state index contributed by atoms with van der Waals surface area (Å²) in [5, 5.41) is 0.0589. The fourth-order valence-electron chi connectivity index (χ4n) is 3.58. The average molecular weight is 504 g/mol. The maximum absolute atomic E-state index is 13.4. The molecule has 2 N–H and O–H groups in total. The maximum Gasteiger partial charge on any atom is 0.573 e. The summed E-state index contributed by atoms with van der Waals surface area (Å²) in [6.45, 7) is 0.405. The summed E-state index contributed by atoms with van der Waals surface area (Å²) in [5.41, 5.74) is 6.30. The molecule has 1 heterocycles. The second kappa shape index (κ2) is 9.93. The minimum Gasteiger partial charge on any atom is -0.458 e. The number of halogens is 3. The van der Waals surface area contributed by atoms with Gasteiger partial charge in [-0.05, 0) is 42.0 Å². The molecule has 0 aromatic heterocycles. The molecule has 13 heteroatoms. The van der Waals surface area contributed by atoms with E-state index in [4.69, 9.17) is 22.7 Å². The summed E-state index contributed by atoms with van der Waals surface area (Å²) in [7, 11) is -4.20. The van der Waals surface area contributed by atoms with Crippen LogP contribution in [0.1, 0.15) is 11.7 Å². The molecule has 0 amide bonds. The Morgan fingerprint density at radius 3 is 2.30 bits per heavy atom. The molecule has 1 aliphatic rings. The fourth-order valence-corrected chi connectivity index (χ4v) is 5.35. The largest absolute Gasteiger partial charge is 0.573 e. The Kier molecular flexibility index (Phi) is 7.44. The number of carbonyl (C=O) groups excluding carboxylic acids is 1. The molecule has 2 atom stereocenters. The molecule has 2 unspecified atom stereocenters. The van der Waals surface area contributed by atoms with Gasteiger partial charge in [-0.15, -0.1) is 13.2 Å². The number of benzene rings is 2. The van der Waals surface area contributed by atoms with Gasteiger partial charge in [0, 0.05) is 19.6 Å². The van der Waals surface area contributed by atoms with Crippen LogP contribution in [0, 0.1) is 0 Å². The molecule has 8 nitrogen and oxygen atoms in total. The predicted molar refractivity (Wildman–Crippen MR) is 115 cm³/mol. The van der Waals surface area contributed by atoms with Gasteiger partial charge in [-0.2, -0.15) is 4.31 Å². The topological polar surface area (TPSA) is 102 Å². The van der Waals surface area contributed by atoms with Crippen LogP contribution >= 0.6 is 12.2 Å². The molecule has 2 aromatic rings. The van der Waals surface area contributed by atoms with E-state index < -0.39 is 34.3 Å². The number of nitrogens with two attached hydrogens (primary N) is 1. The van der Waals surface area contributed by atoms with Gasteiger partial charge < -0.3 is 20.1 Å². The van der Waals surface area contributed by atoms with Gasteiger partial charge in [-0.25, -0.2) is 8.42 Å². The van der Waals surface area contributed by atoms with Crippen molar-refractivity contribution < 1.29 is 35.9 Å². The summed E-state index contributed by atoms with van der Waals surface area (Å²) < 4.78 is 74.4. The summed E-state index contributed by atoms with van der Waals surface area (Å²) in [6, 6.07) is 11.5. The lowest BCUT2D eigenvalue weighted by Crippen LogP contribution is -2.59. The average Bonchev–Trinajstić information content (AvgIpc) is 2.77. The summed E-state index contributed by atoms with van der Waals surface area (Å²) in [6.07, 6.45) is -5.89. The molecule has 2 aromatic carbocycles. The van der Waals surface area contributed by atoms with E-state index in [1.165, 1.54) is 0 Å². The summed E-state index contributed by atoms with van der Waals surface area (Å²) >= 11 is 5.04. The zero-order chi connectivity index (χ0) is 24.2. The number of rotatable bonds is 7. The number of sulfonamides is 1. The molecule has 33 heavy (non-hydrogen) atoms. The van der Waals surface area contributed by atoms with Crippen LogP contribution < -0.4 is 10.5 Å². The quantitative estimate of drug-likeness (QED) is 0.454. The first-order valence-electron chi connectivity index (χ1n) is 9.59. The first-order valence-corrected chi connectivity index (χ1v) is 11.4. The van der Waals surface area contributed by atoms with E-state index in [-0.39, 0.29) is 36.1 Å². The molecule has 0 spiro atoms. The van der Waals surface area contributed by atoms with Crippen molar-refractivity contribution in [1.29, 1.82) is 0 Å². The van der Waals surface area contributed by atoms with Crippen LogP contribution in [0.3, 0.4) is 0 Å². The number of ether oxygens (including phenoxy) is 2. The van der Waals surface area contributed by atoms with Crippen molar-refractivity contribution in [3.8, 4) is 5.75 Å². The molecule has 178 valence electrons. The Morgan fingerprint density at radius 2 is 1.76 bits per heavy atom. The molecule has 1 saturated heterocycles. The van der Waals surface area contributed by atoms with Gasteiger partial charge in [0.15, 0.2) is 5.11 Å². The van der Waals surface area contributed by atoms with E-state index in [9.17, 15) is 26.4 Å². The molecular weight excluding hydrogens is 483 g/mol. The zero-order valence-corrected chi connectivity index (χ0v) is 18.6. The van der Waals surface area contributed by atoms with Crippen molar-refractivity contribution in [2.24, 2.45) is 5.73 Å². The number of nitrogens with zero attached hydrogens (tertiary/aromatic N) is 2. The third kappa shape index (κ3) is 5.92. The summed E-state index contributed by atoms with van der Waals surface area (Å²) in [5.74, 6) is -0.553. The van der Waals surface area contributed by atoms with E-state index in [2.05, 4.69) is 4.74 Å². The van der Waals surface area contributed by atoms with Crippen LogP contribution in [-0.2, 0) is 19.6 Å². The van der Waals surface area contributed by atoms with Crippen molar-refractivity contribution in [3.05, 3.63) is 60.2 Å². The molecular formula is C20H20F3N3O5S2. The van der Waals surface area contributed by atoms with Crippen molar-refractivity contribution in [2.45, 2.75) is 23.4 Å². The lowest BCUT2D eigenvalue weighted by atomic mass is 10.00. The minimum atomic E-state index is -4.91. The standard InChI is InChI=1S/C20H20F3N3O5S2/c21-20(22,23)31-15-6-8-16(9-7-15)33(28,29)26-11-10-25(19(24)32)12-17(26)18(30-13-27)14-4-2-1-3-5-14/h1-9,13,17-18H,10-12H2,(H2,24,32). The van der Waals surface area contributed by atoms with E-state index >= 15 is 0 Å². The number of hydrogen-bond donors (Lipinski definition) is 1. The van der Waals surface area contributed by atoms with Gasteiger partial charge in [0.1, 0.15) is 11.9 Å². The third-order valence-corrected chi connectivity index (χ3v) is 7.22. The predicted octanol–water partition coefficient (Wildman–Crippen LogP) is 2.42. The molecule has 0 radical (unpaired) electrons. The van der Waals surface area contributed by atoms with Crippen LogP contribution in [0.4, 0.5) is 13.2 Å². The molecule has 0 aliphatic carbocycles. The van der Waals surface area contributed by atoms with Crippen LogP contribution in [-0.4, -0.2) is 61.2 Å². The van der Waals surface area contributed by atoms with Crippen LogP contribution in [0.2, 0.25) is 0 Å². The van der Waals surface area contributed by atoms with Crippen LogP contribution in [0.25, 0.3) is 0 Å². The fraction of sp³-hybridized carbons (Fsp3) is 0.300. The first kappa shape index (κ1) is 24.7. The summed E-state index contributed by atoms with van der Waals surface area (Å²) in [4.78, 5) is 12.6. The lowest BCUT2D eigenvalue weighted by Gasteiger charge is -2.43. The molecule has 1 fully saturated rings. The van der Waals surface area contributed by atoms with Gasteiger partial charge in [0.2, 0.25) is 10.0 Å². The monoisotopic (exact) mass is 503 g/mol. The van der Waals surface area contributed by atoms with E-state index in [1.807, 2.05) is 0 Å². The van der Waals surface area contributed by atoms with Gasteiger partial charge >= 0.3 is 6.36 Å². The Morgan fingerprint density at radius 1 is 1.12 bits per heavy atom. The SMILES string of the molecule is NC(=S)N1CCN(S(=O)(=O)c2ccc(OC(F)(F)F)cc2)C(C(OC=O)c2ccccc2)C1. The Balaban J connectivity index is 1.98. The molecule has 1 aliphatic heterocycles. The van der Waals surface area contributed by atoms with Gasteiger partial charge in [-0.3, -0.25) is 4.79 Å². The van der Waals surface area contributed by atoms with Crippen LogP contribution in [0.5, 0.6) is 5.75 Å². The highest BCUT2D eigenvalue weighted by molar-refractivity contribution is 7.89. The van der Waals surface area contributed by atoms with Crippen molar-refractivity contribution in [3.63, 3.8) is 0 Å². The van der Waals surface area contributed by atoms with E-state index in [0.29, 0.717) is 5.56 Å². The highest BCUT2D eigenvalue weighted by atomic mass is 32.2. The van der Waals surface area contributed by atoms with E-state index in [1.54, 1.807) is 35.2 Å². The zero-order valence-electron chi connectivity index (χ0n) is 17.0. The molecule has 0 saturated carbocycles. The second-order valence-electron chi connectivity index (χ2n) is 7.05. The maximum atomic E-state index is 13.4. The van der Waals surface area contributed by atoms with Gasteiger partial charge in [0.25, 0.3) is 6.47 Å². The first-order chi connectivity index (χ1) is 15.5. The number of thiocarbonyl (C=S) groups is 1. The minimum absolute atomic E-state index is 0.0389. The normalized spacial score (nSPS) is 18.4. The Hall–Kier alpha value is -2.90. The van der Waals surface area contributed by atoms with Crippen molar-refractivity contribution in [1.82, 2.24) is 9.21 Å². The lowest BCUT2D eigenvalue weighted by molar-refractivity contribution is -0.274. The Labute approximate surface area is 193 Å². The smallest absolute Gasteiger partial charge is 0.458 e. The van der Waals surface area contributed by atoms with Crippen LogP contribution in [0.15, 0.2) is 59.5 Å². The number of hydrogen-bond acceptors (Lipinski definition) is 6. The van der Waals surface area contributed by atoms with E-state index in [0.717, 1.165) is 28.6 Å². The van der Waals surface area contributed by atoms with Crippen molar-refractivity contribution >= 4 is 33.8 Å². The van der Waals surface area contributed by atoms with Gasteiger partial charge in [-0.1, -0.05) is 30.3 Å². The second-order valence-corrected chi connectivity index (χ2v) is 9.36. The highest BCUT2D eigenvalue weighted by Gasteiger charge is 2.42. The Bertz CT molecular complexity index is 1080. The highest BCUT2D eigenvalue weighted by Crippen LogP contribution is 2.32. The molecule has 0 bridgehead atoms. The van der Waals surface area contributed by atoms with Gasteiger partial charge in [0.05, 0.1) is 10.9 Å². The third-order valence-electron chi connectivity index (χ3n) is 5.02. The number of carbonyl (C=O) groups is 1. The van der Waals surface area contributed by atoms with Crippen molar-refractivity contribution in [2.75, 3.05) is 19.6 Å². The molecule has 3 rings (SSSR count). The number of alkyl halides is 3.